The quantitative estimate of drug-likeness (QED) is 0.847. The summed E-state index contributed by atoms with van der Waals surface area (Å²) >= 11 is 1.69. The van der Waals surface area contributed by atoms with E-state index in [1.807, 2.05) is 24.7 Å². The monoisotopic (exact) mass is 279 g/mol. The first-order valence-corrected chi connectivity index (χ1v) is 7.74. The zero-order chi connectivity index (χ0) is 13.8. The molecule has 0 aliphatic rings. The van der Waals surface area contributed by atoms with Gasteiger partial charge in [-0.15, -0.1) is 0 Å². The molecule has 2 heterocycles. The van der Waals surface area contributed by atoms with Crippen molar-refractivity contribution in [3.63, 3.8) is 0 Å². The molecule has 2 atom stereocenters. The molecule has 19 heavy (non-hydrogen) atoms. The highest BCUT2D eigenvalue weighted by molar-refractivity contribution is 7.99. The minimum atomic E-state index is 0.196. The number of fused-ring (bicyclic) bond motifs is 1. The van der Waals surface area contributed by atoms with Crippen molar-refractivity contribution in [2.75, 3.05) is 12.9 Å². The second-order valence-electron chi connectivity index (χ2n) is 4.76. The van der Waals surface area contributed by atoms with Gasteiger partial charge in [-0.1, -0.05) is 6.07 Å². The minimum absolute atomic E-state index is 0.196. The van der Waals surface area contributed by atoms with E-state index in [0.29, 0.717) is 0 Å². The third kappa shape index (κ3) is 3.11. The zero-order valence-corrected chi connectivity index (χ0v) is 12.4. The van der Waals surface area contributed by atoms with Crippen molar-refractivity contribution in [3.05, 3.63) is 35.8 Å². The Morgan fingerprint density at radius 1 is 1.53 bits per heavy atom. The number of hydrogen-bond donors (Lipinski definition) is 2. The number of imidazole rings is 1. The van der Waals surface area contributed by atoms with Crippen LogP contribution in [0, 0.1) is 6.92 Å². The topological polar surface area (TPSA) is 49.6 Å². The summed E-state index contributed by atoms with van der Waals surface area (Å²) in [4.78, 5) is 4.45. The summed E-state index contributed by atoms with van der Waals surface area (Å²) in [5.41, 5.74) is 3.33. The van der Waals surface area contributed by atoms with Crippen molar-refractivity contribution in [1.82, 2.24) is 14.7 Å². The van der Waals surface area contributed by atoms with Gasteiger partial charge in [0.1, 0.15) is 5.65 Å². The lowest BCUT2D eigenvalue weighted by molar-refractivity contribution is 0.275. The SMILES string of the molecule is CSC(CO)C(C)NCc1cnc2c(C)cccn12. The summed E-state index contributed by atoms with van der Waals surface area (Å²) in [5, 5.41) is 13.0. The van der Waals surface area contributed by atoms with E-state index in [2.05, 4.69) is 34.6 Å². The molecule has 0 aliphatic carbocycles. The van der Waals surface area contributed by atoms with Crippen molar-refractivity contribution < 1.29 is 5.11 Å². The number of aromatic nitrogens is 2. The smallest absolute Gasteiger partial charge is 0.139 e. The molecule has 0 radical (unpaired) electrons. The second-order valence-corrected chi connectivity index (χ2v) is 5.84. The fourth-order valence-electron chi connectivity index (χ4n) is 2.17. The number of aliphatic hydroxyl groups excluding tert-OH is 1. The molecule has 0 amide bonds. The molecular formula is C14H21N3OS. The number of rotatable bonds is 6. The maximum atomic E-state index is 9.28. The van der Waals surface area contributed by atoms with E-state index in [9.17, 15) is 5.11 Å². The van der Waals surface area contributed by atoms with Crippen LogP contribution in [-0.2, 0) is 6.54 Å². The van der Waals surface area contributed by atoms with Gasteiger partial charge in [-0.3, -0.25) is 0 Å². The van der Waals surface area contributed by atoms with Crippen molar-refractivity contribution in [3.8, 4) is 0 Å². The number of aliphatic hydroxyl groups is 1. The van der Waals surface area contributed by atoms with Crippen LogP contribution in [0.25, 0.3) is 5.65 Å². The predicted octanol–water partition coefficient (Wildman–Crippen LogP) is 1.84. The average molecular weight is 279 g/mol. The van der Waals surface area contributed by atoms with E-state index in [4.69, 9.17) is 0 Å². The Bertz CT molecular complexity index is 536. The van der Waals surface area contributed by atoms with Gasteiger partial charge >= 0.3 is 0 Å². The van der Waals surface area contributed by atoms with E-state index in [1.54, 1.807) is 11.8 Å². The first kappa shape index (κ1) is 14.4. The van der Waals surface area contributed by atoms with Gasteiger partial charge in [0.05, 0.1) is 18.5 Å². The fraction of sp³-hybridized carbons (Fsp3) is 0.500. The molecule has 2 rings (SSSR count). The molecule has 0 aromatic carbocycles. The van der Waals surface area contributed by atoms with E-state index < -0.39 is 0 Å². The Kier molecular flexibility index (Phi) is 4.85. The highest BCUT2D eigenvalue weighted by Crippen LogP contribution is 2.13. The largest absolute Gasteiger partial charge is 0.395 e. The van der Waals surface area contributed by atoms with Crippen LogP contribution in [0.4, 0.5) is 0 Å². The first-order valence-electron chi connectivity index (χ1n) is 6.46. The Hall–Kier alpha value is -1.04. The second kappa shape index (κ2) is 6.41. The maximum Gasteiger partial charge on any atom is 0.139 e. The van der Waals surface area contributed by atoms with Gasteiger partial charge < -0.3 is 14.8 Å². The van der Waals surface area contributed by atoms with Crippen LogP contribution in [-0.4, -0.2) is 38.6 Å². The van der Waals surface area contributed by atoms with E-state index in [0.717, 1.165) is 17.9 Å². The van der Waals surface area contributed by atoms with Crippen molar-refractivity contribution >= 4 is 17.4 Å². The van der Waals surface area contributed by atoms with Crippen LogP contribution in [0.15, 0.2) is 24.5 Å². The van der Waals surface area contributed by atoms with Crippen molar-refractivity contribution in [2.24, 2.45) is 0 Å². The van der Waals surface area contributed by atoms with Crippen LogP contribution >= 0.6 is 11.8 Å². The fourth-order valence-corrected chi connectivity index (χ4v) is 2.82. The lowest BCUT2D eigenvalue weighted by atomic mass is 10.2. The van der Waals surface area contributed by atoms with Gasteiger partial charge in [-0.05, 0) is 31.7 Å². The van der Waals surface area contributed by atoms with Crippen LogP contribution in [0.2, 0.25) is 0 Å². The van der Waals surface area contributed by atoms with Crippen LogP contribution < -0.4 is 5.32 Å². The van der Waals surface area contributed by atoms with Crippen molar-refractivity contribution in [1.29, 1.82) is 0 Å². The van der Waals surface area contributed by atoms with Crippen molar-refractivity contribution in [2.45, 2.75) is 31.7 Å². The van der Waals surface area contributed by atoms with E-state index >= 15 is 0 Å². The normalized spacial score (nSPS) is 14.7. The molecule has 2 aromatic rings. The van der Waals surface area contributed by atoms with Crippen LogP contribution in [0.5, 0.6) is 0 Å². The Morgan fingerprint density at radius 2 is 2.32 bits per heavy atom. The Morgan fingerprint density at radius 3 is 3.00 bits per heavy atom. The van der Waals surface area contributed by atoms with E-state index in [1.165, 1.54) is 5.56 Å². The van der Waals surface area contributed by atoms with Gasteiger partial charge in [-0.2, -0.15) is 11.8 Å². The number of aryl methyl sites for hydroxylation is 1. The molecule has 5 heteroatoms. The molecular weight excluding hydrogens is 258 g/mol. The first-order chi connectivity index (χ1) is 9.17. The number of nitrogens with zero attached hydrogens (tertiary/aromatic N) is 2. The highest BCUT2D eigenvalue weighted by atomic mass is 32.2. The Labute approximate surface area is 118 Å². The summed E-state index contributed by atoms with van der Waals surface area (Å²) in [5.74, 6) is 0. The molecule has 2 aromatic heterocycles. The average Bonchev–Trinajstić information content (AvgIpc) is 2.82. The van der Waals surface area contributed by atoms with Crippen LogP contribution in [0.3, 0.4) is 0 Å². The molecule has 0 aliphatic heterocycles. The number of thioether (sulfide) groups is 1. The lowest BCUT2D eigenvalue weighted by Crippen LogP contribution is -2.37. The summed E-state index contributed by atoms with van der Waals surface area (Å²) in [7, 11) is 0. The molecule has 104 valence electrons. The zero-order valence-electron chi connectivity index (χ0n) is 11.6. The predicted molar refractivity (Wildman–Crippen MR) is 80.6 cm³/mol. The lowest BCUT2D eigenvalue weighted by Gasteiger charge is -2.21. The molecule has 0 fully saturated rings. The molecule has 2 unspecified atom stereocenters. The molecule has 0 spiro atoms. The standard InChI is InChI=1S/C14H21N3OS/c1-10-5-4-6-17-12(8-16-14(10)17)7-15-11(2)13(9-18)19-3/h4-6,8,11,13,15,18H,7,9H2,1-3H3. The number of nitrogens with one attached hydrogen (secondary N) is 1. The van der Waals surface area contributed by atoms with E-state index in [-0.39, 0.29) is 17.9 Å². The third-order valence-corrected chi connectivity index (χ3v) is 4.62. The minimum Gasteiger partial charge on any atom is -0.395 e. The van der Waals surface area contributed by atoms with Gasteiger partial charge in [-0.25, -0.2) is 4.98 Å². The number of pyridine rings is 1. The van der Waals surface area contributed by atoms with Gasteiger partial charge in [0, 0.05) is 24.0 Å². The van der Waals surface area contributed by atoms with Crippen LogP contribution in [0.1, 0.15) is 18.2 Å². The molecule has 2 N–H and O–H groups in total. The summed E-state index contributed by atoms with van der Waals surface area (Å²) in [6.07, 6.45) is 5.97. The number of hydrogen-bond acceptors (Lipinski definition) is 4. The van der Waals surface area contributed by atoms with Gasteiger partial charge in [0.2, 0.25) is 0 Å². The van der Waals surface area contributed by atoms with Gasteiger partial charge in [0.25, 0.3) is 0 Å². The molecule has 0 bridgehead atoms. The summed E-state index contributed by atoms with van der Waals surface area (Å²) in [6, 6.07) is 4.36. The third-order valence-electron chi connectivity index (χ3n) is 3.45. The summed E-state index contributed by atoms with van der Waals surface area (Å²) < 4.78 is 2.11. The maximum absolute atomic E-state index is 9.28. The molecule has 0 saturated carbocycles. The highest BCUT2D eigenvalue weighted by Gasteiger charge is 2.15. The molecule has 4 nitrogen and oxygen atoms in total. The van der Waals surface area contributed by atoms with Gasteiger partial charge in [0.15, 0.2) is 0 Å². The summed E-state index contributed by atoms with van der Waals surface area (Å²) in [6.45, 7) is 5.12. The molecule has 0 saturated heterocycles. The Balaban J connectivity index is 2.08.